The Balaban J connectivity index is 2.12. The van der Waals surface area contributed by atoms with Gasteiger partial charge in [-0.3, -0.25) is 0 Å². The van der Waals surface area contributed by atoms with Crippen LogP contribution in [0.1, 0.15) is 31.2 Å². The van der Waals surface area contributed by atoms with Crippen molar-refractivity contribution in [3.05, 3.63) is 29.8 Å². The predicted molar refractivity (Wildman–Crippen MR) is 67.0 cm³/mol. The second-order valence-corrected chi connectivity index (χ2v) is 4.54. The molecule has 1 fully saturated rings. The molecule has 88 valence electrons. The van der Waals surface area contributed by atoms with Crippen LogP contribution in [0.3, 0.4) is 0 Å². The minimum Gasteiger partial charge on any atom is -0.497 e. The first kappa shape index (κ1) is 11.5. The summed E-state index contributed by atoms with van der Waals surface area (Å²) in [6.07, 6.45) is 2.53. The summed E-state index contributed by atoms with van der Waals surface area (Å²) in [5.41, 5.74) is 1.46. The van der Waals surface area contributed by atoms with Gasteiger partial charge in [-0.15, -0.1) is 0 Å². The molecule has 0 spiro atoms. The molecule has 16 heavy (non-hydrogen) atoms. The van der Waals surface area contributed by atoms with Gasteiger partial charge in [-0.2, -0.15) is 0 Å². The molecule has 2 atom stereocenters. The van der Waals surface area contributed by atoms with E-state index in [0.29, 0.717) is 5.92 Å². The highest BCUT2D eigenvalue weighted by atomic mass is 16.5. The molecular weight excluding hydrogens is 198 g/mol. The lowest BCUT2D eigenvalue weighted by molar-refractivity contribution is 0.413. The number of rotatable bonds is 4. The van der Waals surface area contributed by atoms with Crippen molar-refractivity contribution in [2.24, 2.45) is 5.92 Å². The molecule has 1 aliphatic heterocycles. The summed E-state index contributed by atoms with van der Waals surface area (Å²) in [5, 5.41) is 3.45. The fourth-order valence-electron chi connectivity index (χ4n) is 2.71. The number of ether oxygens (including phenoxy) is 1. The van der Waals surface area contributed by atoms with Crippen molar-refractivity contribution in [1.29, 1.82) is 0 Å². The fraction of sp³-hybridized carbons (Fsp3) is 0.571. The Hall–Kier alpha value is -1.02. The molecule has 2 unspecified atom stereocenters. The van der Waals surface area contributed by atoms with Gasteiger partial charge in [0, 0.05) is 0 Å². The molecule has 1 N–H and O–H groups in total. The molecule has 0 aromatic heterocycles. The number of hydrogen-bond donors (Lipinski definition) is 1. The SMILES string of the molecule is CCC(c1ccc(OC)cc1)C1CCNC1. The van der Waals surface area contributed by atoms with Gasteiger partial charge in [0.05, 0.1) is 7.11 Å². The lowest BCUT2D eigenvalue weighted by atomic mass is 9.83. The van der Waals surface area contributed by atoms with Gasteiger partial charge in [-0.25, -0.2) is 0 Å². The van der Waals surface area contributed by atoms with E-state index >= 15 is 0 Å². The summed E-state index contributed by atoms with van der Waals surface area (Å²) in [7, 11) is 1.72. The predicted octanol–water partition coefficient (Wildman–Crippen LogP) is 2.80. The summed E-state index contributed by atoms with van der Waals surface area (Å²) in [6.45, 7) is 4.63. The molecule has 1 aliphatic rings. The maximum atomic E-state index is 5.20. The van der Waals surface area contributed by atoms with E-state index in [-0.39, 0.29) is 0 Å². The van der Waals surface area contributed by atoms with E-state index in [0.717, 1.165) is 11.7 Å². The van der Waals surface area contributed by atoms with Crippen LogP contribution in [0.4, 0.5) is 0 Å². The maximum absolute atomic E-state index is 5.20. The molecule has 1 saturated heterocycles. The van der Waals surface area contributed by atoms with Crippen LogP contribution in [0, 0.1) is 5.92 Å². The van der Waals surface area contributed by atoms with E-state index in [4.69, 9.17) is 4.74 Å². The largest absolute Gasteiger partial charge is 0.497 e. The Morgan fingerprint density at radius 2 is 2.12 bits per heavy atom. The molecule has 1 aromatic rings. The average molecular weight is 219 g/mol. The maximum Gasteiger partial charge on any atom is 0.118 e. The van der Waals surface area contributed by atoms with Crippen molar-refractivity contribution in [3.8, 4) is 5.75 Å². The van der Waals surface area contributed by atoms with E-state index in [9.17, 15) is 0 Å². The zero-order valence-corrected chi connectivity index (χ0v) is 10.2. The third kappa shape index (κ3) is 2.38. The molecule has 2 rings (SSSR count). The van der Waals surface area contributed by atoms with E-state index in [1.165, 1.54) is 31.5 Å². The molecule has 1 aromatic carbocycles. The van der Waals surface area contributed by atoms with Crippen LogP contribution in [0.2, 0.25) is 0 Å². The summed E-state index contributed by atoms with van der Waals surface area (Å²) >= 11 is 0. The molecule has 0 radical (unpaired) electrons. The molecule has 2 heteroatoms. The van der Waals surface area contributed by atoms with E-state index in [1.807, 2.05) is 0 Å². The van der Waals surface area contributed by atoms with Gasteiger partial charge in [0.15, 0.2) is 0 Å². The second-order valence-electron chi connectivity index (χ2n) is 4.54. The Bertz CT molecular complexity index is 314. The topological polar surface area (TPSA) is 21.3 Å². The average Bonchev–Trinajstić information content (AvgIpc) is 2.85. The number of benzene rings is 1. The molecular formula is C14H21NO. The van der Waals surface area contributed by atoms with Crippen molar-refractivity contribution >= 4 is 0 Å². The second kappa shape index (κ2) is 5.35. The third-order valence-corrected chi connectivity index (χ3v) is 3.65. The minimum atomic E-state index is 0.695. The lowest BCUT2D eigenvalue weighted by Gasteiger charge is -2.22. The van der Waals surface area contributed by atoms with Crippen LogP contribution >= 0.6 is 0 Å². The van der Waals surface area contributed by atoms with E-state index < -0.39 is 0 Å². The van der Waals surface area contributed by atoms with Crippen LogP contribution in [0.15, 0.2) is 24.3 Å². The summed E-state index contributed by atoms with van der Waals surface area (Å²) in [6, 6.07) is 8.57. The Morgan fingerprint density at radius 1 is 1.38 bits per heavy atom. The summed E-state index contributed by atoms with van der Waals surface area (Å²) in [4.78, 5) is 0. The molecule has 0 bridgehead atoms. The van der Waals surface area contributed by atoms with Gasteiger partial charge >= 0.3 is 0 Å². The smallest absolute Gasteiger partial charge is 0.118 e. The number of nitrogens with one attached hydrogen (secondary N) is 1. The van der Waals surface area contributed by atoms with Crippen molar-refractivity contribution in [1.82, 2.24) is 5.32 Å². The van der Waals surface area contributed by atoms with Crippen molar-refractivity contribution in [2.45, 2.75) is 25.7 Å². The lowest BCUT2D eigenvalue weighted by Crippen LogP contribution is -2.16. The number of hydrogen-bond acceptors (Lipinski definition) is 2. The van der Waals surface area contributed by atoms with E-state index in [1.54, 1.807) is 7.11 Å². The van der Waals surface area contributed by atoms with Gasteiger partial charge < -0.3 is 10.1 Å². The Kier molecular flexibility index (Phi) is 3.83. The standard InChI is InChI=1S/C14H21NO/c1-3-14(12-8-9-15-10-12)11-4-6-13(16-2)7-5-11/h4-7,12,14-15H,3,8-10H2,1-2H3. The van der Waals surface area contributed by atoms with Crippen LogP contribution in [0.5, 0.6) is 5.75 Å². The van der Waals surface area contributed by atoms with E-state index in [2.05, 4.69) is 36.5 Å². The molecule has 1 heterocycles. The molecule has 0 saturated carbocycles. The monoisotopic (exact) mass is 219 g/mol. The van der Waals surface area contributed by atoms with Crippen molar-refractivity contribution in [3.63, 3.8) is 0 Å². The van der Waals surface area contributed by atoms with Gasteiger partial charge in [0.2, 0.25) is 0 Å². The minimum absolute atomic E-state index is 0.695. The fourth-order valence-corrected chi connectivity index (χ4v) is 2.71. The highest BCUT2D eigenvalue weighted by Gasteiger charge is 2.24. The summed E-state index contributed by atoms with van der Waals surface area (Å²) < 4.78 is 5.20. The van der Waals surface area contributed by atoms with Crippen molar-refractivity contribution < 1.29 is 4.74 Å². The zero-order chi connectivity index (χ0) is 11.4. The normalized spacial score (nSPS) is 22.0. The van der Waals surface area contributed by atoms with Gasteiger partial charge in [-0.05, 0) is 55.5 Å². The molecule has 0 amide bonds. The number of methoxy groups -OCH3 is 1. The van der Waals surface area contributed by atoms with Crippen LogP contribution < -0.4 is 10.1 Å². The van der Waals surface area contributed by atoms with Crippen LogP contribution in [-0.4, -0.2) is 20.2 Å². The Morgan fingerprint density at radius 3 is 2.62 bits per heavy atom. The third-order valence-electron chi connectivity index (χ3n) is 3.65. The zero-order valence-electron chi connectivity index (χ0n) is 10.2. The highest BCUT2D eigenvalue weighted by Crippen LogP contribution is 2.32. The van der Waals surface area contributed by atoms with Crippen molar-refractivity contribution in [2.75, 3.05) is 20.2 Å². The highest BCUT2D eigenvalue weighted by molar-refractivity contribution is 5.29. The first-order chi connectivity index (χ1) is 7.85. The summed E-state index contributed by atoms with van der Waals surface area (Å²) in [5.74, 6) is 2.45. The van der Waals surface area contributed by atoms with Gasteiger partial charge in [-0.1, -0.05) is 19.1 Å². The molecule has 0 aliphatic carbocycles. The first-order valence-corrected chi connectivity index (χ1v) is 6.19. The first-order valence-electron chi connectivity index (χ1n) is 6.19. The molecule has 2 nitrogen and oxygen atoms in total. The quantitative estimate of drug-likeness (QED) is 0.840. The van der Waals surface area contributed by atoms with Crippen LogP contribution in [0.25, 0.3) is 0 Å². The van der Waals surface area contributed by atoms with Gasteiger partial charge in [0.1, 0.15) is 5.75 Å². The van der Waals surface area contributed by atoms with Gasteiger partial charge in [0.25, 0.3) is 0 Å². The Labute approximate surface area is 98.0 Å². The van der Waals surface area contributed by atoms with Crippen LogP contribution in [-0.2, 0) is 0 Å².